The molecule has 1 aliphatic rings. The highest BCUT2D eigenvalue weighted by molar-refractivity contribution is 5.77. The van der Waals surface area contributed by atoms with Crippen LogP contribution in [0.25, 0.3) is 0 Å². The summed E-state index contributed by atoms with van der Waals surface area (Å²) in [6.45, 7) is 6.47. The van der Waals surface area contributed by atoms with Gasteiger partial charge in [0.1, 0.15) is 11.6 Å². The third-order valence-electron chi connectivity index (χ3n) is 5.06. The number of nitrogens with zero attached hydrogens (tertiary/aromatic N) is 2. The van der Waals surface area contributed by atoms with E-state index < -0.39 is 0 Å². The van der Waals surface area contributed by atoms with Crippen LogP contribution in [0, 0.1) is 5.82 Å². The largest absolute Gasteiger partial charge is 0.494 e. The molecular weight excluding hydrogens is 369 g/mol. The molecule has 0 unspecified atom stereocenters. The Kier molecular flexibility index (Phi) is 8.46. The number of carbonyl (C=O) groups excluding carboxylic acids is 1. The fourth-order valence-electron chi connectivity index (χ4n) is 3.38. The number of hydrogen-bond donors (Lipinski definition) is 1. The Morgan fingerprint density at radius 3 is 2.34 bits per heavy atom. The number of nitrogens with one attached hydrogen (secondary N) is 1. The van der Waals surface area contributed by atoms with Crippen molar-refractivity contribution in [3.8, 4) is 5.75 Å². The molecule has 0 spiro atoms. The molecule has 6 heteroatoms. The molecule has 0 aliphatic carbocycles. The number of unbranched alkanes of at least 4 members (excludes halogenated alkanes) is 1. The van der Waals surface area contributed by atoms with Crippen molar-refractivity contribution in [1.82, 2.24) is 15.1 Å². The summed E-state index contributed by atoms with van der Waals surface area (Å²) in [5.74, 6) is 0.487. The summed E-state index contributed by atoms with van der Waals surface area (Å²) in [5.41, 5.74) is 1.34. The van der Waals surface area contributed by atoms with Crippen molar-refractivity contribution in [2.24, 2.45) is 0 Å². The van der Waals surface area contributed by atoms with E-state index in [9.17, 15) is 9.18 Å². The smallest absolute Gasteiger partial charge is 0.234 e. The van der Waals surface area contributed by atoms with Crippen LogP contribution in [0.15, 0.2) is 54.6 Å². The predicted molar refractivity (Wildman–Crippen MR) is 112 cm³/mol. The van der Waals surface area contributed by atoms with Crippen LogP contribution < -0.4 is 10.1 Å². The number of amides is 1. The number of piperazine rings is 1. The van der Waals surface area contributed by atoms with Crippen molar-refractivity contribution in [2.75, 3.05) is 45.9 Å². The van der Waals surface area contributed by atoms with Gasteiger partial charge in [-0.15, -0.1) is 0 Å². The van der Waals surface area contributed by atoms with E-state index in [0.29, 0.717) is 25.4 Å². The SMILES string of the molecule is O=C(CN1CCN(Cc2ccccc2)CC1)NCCCCOc1ccc(F)cc1. The Bertz CT molecular complexity index is 732. The molecule has 0 atom stereocenters. The first-order valence-corrected chi connectivity index (χ1v) is 10.3. The molecule has 29 heavy (non-hydrogen) atoms. The Labute approximate surface area is 172 Å². The average molecular weight is 400 g/mol. The fraction of sp³-hybridized carbons (Fsp3) is 0.435. The quantitative estimate of drug-likeness (QED) is 0.624. The van der Waals surface area contributed by atoms with E-state index >= 15 is 0 Å². The fourth-order valence-corrected chi connectivity index (χ4v) is 3.38. The number of benzene rings is 2. The van der Waals surface area contributed by atoms with Crippen molar-refractivity contribution < 1.29 is 13.9 Å². The van der Waals surface area contributed by atoms with E-state index in [2.05, 4.69) is 39.4 Å². The first-order valence-electron chi connectivity index (χ1n) is 10.3. The second-order valence-corrected chi connectivity index (χ2v) is 7.40. The van der Waals surface area contributed by atoms with E-state index in [-0.39, 0.29) is 11.7 Å². The van der Waals surface area contributed by atoms with Crippen LogP contribution in [-0.2, 0) is 11.3 Å². The van der Waals surface area contributed by atoms with Gasteiger partial charge in [-0.1, -0.05) is 30.3 Å². The summed E-state index contributed by atoms with van der Waals surface area (Å²) in [5, 5.41) is 2.99. The predicted octanol–water partition coefficient (Wildman–Crippen LogP) is 2.92. The minimum absolute atomic E-state index is 0.0842. The van der Waals surface area contributed by atoms with E-state index in [1.165, 1.54) is 17.7 Å². The number of hydrogen-bond acceptors (Lipinski definition) is 4. The van der Waals surface area contributed by atoms with Gasteiger partial charge in [0.25, 0.3) is 0 Å². The maximum Gasteiger partial charge on any atom is 0.234 e. The molecule has 1 fully saturated rings. The highest BCUT2D eigenvalue weighted by Crippen LogP contribution is 2.11. The Morgan fingerprint density at radius 2 is 1.62 bits per heavy atom. The van der Waals surface area contributed by atoms with Gasteiger partial charge in [0.2, 0.25) is 5.91 Å². The van der Waals surface area contributed by atoms with Crippen molar-refractivity contribution in [3.05, 3.63) is 66.0 Å². The molecule has 0 saturated carbocycles. The Balaban J connectivity index is 1.22. The molecule has 156 valence electrons. The zero-order chi connectivity index (χ0) is 20.3. The summed E-state index contributed by atoms with van der Waals surface area (Å²) in [6.07, 6.45) is 1.70. The summed E-state index contributed by atoms with van der Waals surface area (Å²) in [7, 11) is 0. The van der Waals surface area contributed by atoms with Gasteiger partial charge in [0.15, 0.2) is 0 Å². The van der Waals surface area contributed by atoms with Crippen molar-refractivity contribution in [1.29, 1.82) is 0 Å². The number of rotatable bonds is 10. The molecule has 1 saturated heterocycles. The number of ether oxygens (including phenoxy) is 1. The first kappa shape index (κ1) is 21.3. The number of halogens is 1. The standard InChI is InChI=1S/C23H30FN3O2/c24-21-8-10-22(11-9-21)29-17-5-4-12-25-23(28)19-27-15-13-26(14-16-27)18-20-6-2-1-3-7-20/h1-3,6-11H,4-5,12-19H2,(H,25,28). The van der Waals surface area contributed by atoms with Gasteiger partial charge < -0.3 is 10.1 Å². The molecule has 5 nitrogen and oxygen atoms in total. The Morgan fingerprint density at radius 1 is 0.931 bits per heavy atom. The topological polar surface area (TPSA) is 44.8 Å². The highest BCUT2D eigenvalue weighted by Gasteiger charge is 2.18. The van der Waals surface area contributed by atoms with Gasteiger partial charge in [0, 0.05) is 39.3 Å². The summed E-state index contributed by atoms with van der Waals surface area (Å²) < 4.78 is 18.4. The number of carbonyl (C=O) groups is 1. The molecule has 0 radical (unpaired) electrons. The lowest BCUT2D eigenvalue weighted by molar-refractivity contribution is -0.122. The zero-order valence-electron chi connectivity index (χ0n) is 16.9. The summed E-state index contributed by atoms with van der Waals surface area (Å²) in [6, 6.07) is 16.5. The molecule has 0 aromatic heterocycles. The maximum atomic E-state index is 12.8. The van der Waals surface area contributed by atoms with Crippen molar-refractivity contribution in [3.63, 3.8) is 0 Å². The lowest BCUT2D eigenvalue weighted by Gasteiger charge is -2.34. The third-order valence-corrected chi connectivity index (χ3v) is 5.06. The van der Waals surface area contributed by atoms with E-state index in [1.807, 2.05) is 6.07 Å². The van der Waals surface area contributed by atoms with Crippen molar-refractivity contribution in [2.45, 2.75) is 19.4 Å². The van der Waals surface area contributed by atoms with E-state index in [4.69, 9.17) is 4.74 Å². The lowest BCUT2D eigenvalue weighted by atomic mass is 10.2. The molecule has 0 bridgehead atoms. The van der Waals surface area contributed by atoms with Crippen LogP contribution in [0.3, 0.4) is 0 Å². The molecule has 1 N–H and O–H groups in total. The van der Waals surface area contributed by atoms with Gasteiger partial charge in [0.05, 0.1) is 13.2 Å². The molecule has 1 heterocycles. The van der Waals surface area contributed by atoms with Crippen LogP contribution in [0.5, 0.6) is 5.75 Å². The average Bonchev–Trinajstić information content (AvgIpc) is 2.74. The van der Waals surface area contributed by atoms with E-state index in [0.717, 1.165) is 45.6 Å². The maximum absolute atomic E-state index is 12.8. The third kappa shape index (κ3) is 7.83. The minimum Gasteiger partial charge on any atom is -0.494 e. The molecule has 3 rings (SSSR count). The monoisotopic (exact) mass is 399 g/mol. The van der Waals surface area contributed by atoms with Gasteiger partial charge in [-0.3, -0.25) is 14.6 Å². The lowest BCUT2D eigenvalue weighted by Crippen LogP contribution is -2.49. The Hall–Kier alpha value is -2.44. The van der Waals surface area contributed by atoms with Crippen LogP contribution in [-0.4, -0.2) is 61.6 Å². The minimum atomic E-state index is -0.266. The molecule has 2 aromatic rings. The van der Waals surface area contributed by atoms with Crippen LogP contribution in [0.2, 0.25) is 0 Å². The summed E-state index contributed by atoms with van der Waals surface area (Å²) in [4.78, 5) is 16.8. The zero-order valence-corrected chi connectivity index (χ0v) is 16.9. The molecular formula is C23H30FN3O2. The molecule has 1 amide bonds. The van der Waals surface area contributed by atoms with Gasteiger partial charge in [-0.25, -0.2) is 4.39 Å². The molecule has 2 aromatic carbocycles. The highest BCUT2D eigenvalue weighted by atomic mass is 19.1. The van der Waals surface area contributed by atoms with Crippen LogP contribution >= 0.6 is 0 Å². The first-order chi connectivity index (χ1) is 14.2. The van der Waals surface area contributed by atoms with Crippen LogP contribution in [0.1, 0.15) is 18.4 Å². The molecule has 1 aliphatic heterocycles. The normalized spacial score (nSPS) is 15.2. The van der Waals surface area contributed by atoms with Crippen LogP contribution in [0.4, 0.5) is 4.39 Å². The van der Waals surface area contributed by atoms with Gasteiger partial charge in [-0.2, -0.15) is 0 Å². The van der Waals surface area contributed by atoms with Gasteiger partial charge >= 0.3 is 0 Å². The van der Waals surface area contributed by atoms with Crippen molar-refractivity contribution >= 4 is 5.91 Å². The van der Waals surface area contributed by atoms with E-state index in [1.54, 1.807) is 12.1 Å². The summed E-state index contributed by atoms with van der Waals surface area (Å²) >= 11 is 0. The second-order valence-electron chi connectivity index (χ2n) is 7.40. The second kappa shape index (κ2) is 11.5. The van der Waals surface area contributed by atoms with Gasteiger partial charge in [-0.05, 0) is 42.7 Å².